The molecule has 0 saturated heterocycles. The van der Waals surface area contributed by atoms with Gasteiger partial charge in [-0.15, -0.1) is 0 Å². The fourth-order valence-electron chi connectivity index (χ4n) is 1.87. The highest BCUT2D eigenvalue weighted by atomic mass is 79.9. The van der Waals surface area contributed by atoms with E-state index in [1.165, 1.54) is 0 Å². The van der Waals surface area contributed by atoms with Crippen LogP contribution in [-0.4, -0.2) is 17.0 Å². The molecule has 1 heterocycles. The zero-order chi connectivity index (χ0) is 15.8. The summed E-state index contributed by atoms with van der Waals surface area (Å²) < 4.78 is 0.876. The lowest BCUT2D eigenvalue weighted by Gasteiger charge is -2.21. The molecule has 0 aliphatic rings. The summed E-state index contributed by atoms with van der Waals surface area (Å²) in [5.74, 6) is 1.36. The van der Waals surface area contributed by atoms with Crippen LogP contribution in [-0.2, 0) is 5.41 Å². The van der Waals surface area contributed by atoms with Crippen LogP contribution in [0.25, 0.3) is 11.4 Å². The minimum absolute atomic E-state index is 0.113. The zero-order valence-corrected chi connectivity index (χ0v) is 15.4. The molecule has 2 rings (SSSR count). The molecular formula is C15H16BrCl2N3. The third-order valence-corrected chi connectivity index (χ3v) is 4.47. The van der Waals surface area contributed by atoms with Crippen LogP contribution in [0.15, 0.2) is 22.7 Å². The van der Waals surface area contributed by atoms with Crippen molar-refractivity contribution in [3.63, 3.8) is 0 Å². The second kappa shape index (κ2) is 6.11. The van der Waals surface area contributed by atoms with E-state index in [0.29, 0.717) is 15.9 Å². The first-order chi connectivity index (χ1) is 9.74. The van der Waals surface area contributed by atoms with Crippen LogP contribution in [0.4, 0.5) is 5.82 Å². The molecular weight excluding hydrogens is 373 g/mol. The van der Waals surface area contributed by atoms with Gasteiger partial charge in [0.25, 0.3) is 0 Å². The fraction of sp³-hybridized carbons (Fsp3) is 0.333. The van der Waals surface area contributed by atoms with E-state index in [4.69, 9.17) is 28.2 Å². The van der Waals surface area contributed by atoms with Crippen molar-refractivity contribution in [2.45, 2.75) is 26.2 Å². The summed E-state index contributed by atoms with van der Waals surface area (Å²) >= 11 is 15.6. The molecule has 0 radical (unpaired) electrons. The second-order valence-corrected chi connectivity index (χ2v) is 7.29. The Labute approximate surface area is 143 Å². The van der Waals surface area contributed by atoms with Crippen molar-refractivity contribution < 1.29 is 0 Å². The van der Waals surface area contributed by atoms with Crippen LogP contribution in [0.5, 0.6) is 0 Å². The molecule has 21 heavy (non-hydrogen) atoms. The maximum absolute atomic E-state index is 6.09. The summed E-state index contributed by atoms with van der Waals surface area (Å²) in [6.45, 7) is 6.33. The Bertz CT molecular complexity index is 681. The predicted octanol–water partition coefficient (Wildman–Crippen LogP) is 5.55. The van der Waals surface area contributed by atoms with Gasteiger partial charge in [0.15, 0.2) is 5.82 Å². The summed E-state index contributed by atoms with van der Waals surface area (Å²) in [6, 6.07) is 5.39. The summed E-state index contributed by atoms with van der Waals surface area (Å²) in [6.07, 6.45) is 0. The quantitative estimate of drug-likeness (QED) is 0.732. The molecule has 112 valence electrons. The Balaban J connectivity index is 2.66. The molecule has 0 spiro atoms. The molecule has 1 aromatic heterocycles. The number of anilines is 1. The van der Waals surface area contributed by atoms with Gasteiger partial charge < -0.3 is 5.32 Å². The third kappa shape index (κ3) is 3.50. The average molecular weight is 389 g/mol. The average Bonchev–Trinajstić information content (AvgIpc) is 2.41. The summed E-state index contributed by atoms with van der Waals surface area (Å²) in [5.41, 5.74) is 1.65. The highest BCUT2D eigenvalue weighted by molar-refractivity contribution is 9.10. The van der Waals surface area contributed by atoms with Gasteiger partial charge in [-0.25, -0.2) is 9.97 Å². The van der Waals surface area contributed by atoms with Crippen molar-refractivity contribution in [2.24, 2.45) is 0 Å². The molecule has 0 fully saturated rings. The minimum Gasteiger partial charge on any atom is -0.372 e. The van der Waals surface area contributed by atoms with E-state index < -0.39 is 0 Å². The van der Waals surface area contributed by atoms with E-state index in [1.807, 2.05) is 13.1 Å². The molecule has 0 aliphatic heterocycles. The van der Waals surface area contributed by atoms with E-state index >= 15 is 0 Å². The van der Waals surface area contributed by atoms with Crippen molar-refractivity contribution in [3.8, 4) is 11.4 Å². The molecule has 2 aromatic rings. The number of rotatable bonds is 2. The first-order valence-corrected chi connectivity index (χ1v) is 8.00. The van der Waals surface area contributed by atoms with Crippen LogP contribution < -0.4 is 5.32 Å². The first kappa shape index (κ1) is 16.5. The summed E-state index contributed by atoms with van der Waals surface area (Å²) in [7, 11) is 1.83. The Morgan fingerprint density at radius 3 is 2.29 bits per heavy atom. The maximum Gasteiger partial charge on any atom is 0.161 e. The van der Waals surface area contributed by atoms with Crippen LogP contribution in [0.2, 0.25) is 10.0 Å². The lowest BCUT2D eigenvalue weighted by atomic mass is 9.91. The number of benzene rings is 1. The molecule has 6 heteroatoms. The van der Waals surface area contributed by atoms with E-state index in [0.717, 1.165) is 21.5 Å². The van der Waals surface area contributed by atoms with Crippen molar-refractivity contribution in [1.29, 1.82) is 0 Å². The largest absolute Gasteiger partial charge is 0.372 e. The molecule has 1 N–H and O–H groups in total. The van der Waals surface area contributed by atoms with Gasteiger partial charge in [-0.1, -0.05) is 44.0 Å². The van der Waals surface area contributed by atoms with Crippen molar-refractivity contribution in [2.75, 3.05) is 12.4 Å². The molecule has 0 saturated carbocycles. The van der Waals surface area contributed by atoms with Gasteiger partial charge in [-0.05, 0) is 34.1 Å². The molecule has 0 atom stereocenters. The van der Waals surface area contributed by atoms with Gasteiger partial charge in [-0.2, -0.15) is 0 Å². The number of hydrogen-bond acceptors (Lipinski definition) is 3. The lowest BCUT2D eigenvalue weighted by molar-refractivity contribution is 0.564. The molecule has 1 aromatic carbocycles. The Kier molecular flexibility index (Phi) is 4.81. The van der Waals surface area contributed by atoms with E-state index in [2.05, 4.69) is 47.0 Å². The SMILES string of the molecule is CNc1nc(-c2ccc(Cl)c(Cl)c2)nc(C(C)(C)C)c1Br. The van der Waals surface area contributed by atoms with Crippen molar-refractivity contribution in [1.82, 2.24) is 9.97 Å². The second-order valence-electron chi connectivity index (χ2n) is 5.69. The Morgan fingerprint density at radius 1 is 1.10 bits per heavy atom. The van der Waals surface area contributed by atoms with Gasteiger partial charge in [0, 0.05) is 18.0 Å². The number of aromatic nitrogens is 2. The highest BCUT2D eigenvalue weighted by Gasteiger charge is 2.23. The maximum atomic E-state index is 6.09. The van der Waals surface area contributed by atoms with Crippen LogP contribution in [0.1, 0.15) is 26.5 Å². The van der Waals surface area contributed by atoms with Crippen molar-refractivity contribution in [3.05, 3.63) is 38.4 Å². The highest BCUT2D eigenvalue weighted by Crippen LogP contribution is 2.35. The molecule has 0 unspecified atom stereocenters. The van der Waals surface area contributed by atoms with Crippen LogP contribution >= 0.6 is 39.1 Å². The van der Waals surface area contributed by atoms with Gasteiger partial charge >= 0.3 is 0 Å². The molecule has 3 nitrogen and oxygen atoms in total. The van der Waals surface area contributed by atoms with Gasteiger partial charge in [0.05, 0.1) is 20.2 Å². The van der Waals surface area contributed by atoms with E-state index in [9.17, 15) is 0 Å². The van der Waals surface area contributed by atoms with E-state index in [-0.39, 0.29) is 5.41 Å². The summed E-state index contributed by atoms with van der Waals surface area (Å²) in [4.78, 5) is 9.23. The van der Waals surface area contributed by atoms with E-state index in [1.54, 1.807) is 12.1 Å². The van der Waals surface area contributed by atoms with Crippen LogP contribution in [0.3, 0.4) is 0 Å². The fourth-order valence-corrected chi connectivity index (χ4v) is 3.14. The first-order valence-electron chi connectivity index (χ1n) is 6.45. The third-order valence-electron chi connectivity index (χ3n) is 2.98. The smallest absolute Gasteiger partial charge is 0.161 e. The Hall–Kier alpha value is -0.840. The number of halogens is 3. The minimum atomic E-state index is -0.113. The molecule has 0 bridgehead atoms. The standard InChI is InChI=1S/C15H16BrCl2N3/c1-15(2,3)12-11(16)14(19-4)21-13(20-12)8-5-6-9(17)10(18)7-8/h5-7H,1-4H3,(H,19,20,21). The normalized spacial score (nSPS) is 11.6. The van der Waals surface area contributed by atoms with Crippen molar-refractivity contribution >= 4 is 44.9 Å². The Morgan fingerprint density at radius 2 is 1.76 bits per heavy atom. The number of nitrogens with one attached hydrogen (secondary N) is 1. The molecule has 0 aliphatic carbocycles. The summed E-state index contributed by atoms with van der Waals surface area (Å²) in [5, 5.41) is 4.09. The monoisotopic (exact) mass is 387 g/mol. The number of nitrogens with zero attached hydrogens (tertiary/aromatic N) is 2. The predicted molar refractivity (Wildman–Crippen MR) is 93.4 cm³/mol. The number of hydrogen-bond donors (Lipinski definition) is 1. The van der Waals surface area contributed by atoms with Crippen LogP contribution in [0, 0.1) is 0 Å². The molecule has 0 amide bonds. The van der Waals surface area contributed by atoms with Gasteiger partial charge in [0.2, 0.25) is 0 Å². The van der Waals surface area contributed by atoms with Gasteiger partial charge in [0.1, 0.15) is 5.82 Å². The topological polar surface area (TPSA) is 37.8 Å². The lowest BCUT2D eigenvalue weighted by Crippen LogP contribution is -2.17. The zero-order valence-electron chi connectivity index (χ0n) is 12.3. The van der Waals surface area contributed by atoms with Gasteiger partial charge in [-0.3, -0.25) is 0 Å².